The van der Waals surface area contributed by atoms with Crippen molar-refractivity contribution in [2.45, 2.75) is 19.1 Å². The van der Waals surface area contributed by atoms with Crippen LogP contribution in [-0.4, -0.2) is 12.7 Å². The molecule has 0 amide bonds. The van der Waals surface area contributed by atoms with Crippen molar-refractivity contribution in [3.63, 3.8) is 0 Å². The predicted molar refractivity (Wildman–Crippen MR) is 53.8 cm³/mol. The molecule has 0 aliphatic carbocycles. The minimum atomic E-state index is -4.17. The summed E-state index contributed by atoms with van der Waals surface area (Å²) in [6.45, 7) is -0.00207. The van der Waals surface area contributed by atoms with Crippen LogP contribution in [0, 0.1) is 5.82 Å². The van der Waals surface area contributed by atoms with E-state index in [2.05, 4.69) is 5.32 Å². The average Bonchev–Trinajstić information content (AvgIpc) is 2.17. The highest BCUT2D eigenvalue weighted by Crippen LogP contribution is 2.18. The van der Waals surface area contributed by atoms with Crippen molar-refractivity contribution in [3.05, 3.63) is 34.6 Å². The molecule has 0 saturated heterocycles. The molecule has 16 heavy (non-hydrogen) atoms. The molecule has 0 aliphatic heterocycles. The van der Waals surface area contributed by atoms with Crippen LogP contribution in [0.1, 0.15) is 12.0 Å². The maximum absolute atomic E-state index is 12.9. The van der Waals surface area contributed by atoms with Crippen LogP contribution in [-0.2, 0) is 6.54 Å². The lowest BCUT2D eigenvalue weighted by Crippen LogP contribution is -2.21. The highest BCUT2D eigenvalue weighted by atomic mass is 35.5. The summed E-state index contributed by atoms with van der Waals surface area (Å²) in [4.78, 5) is 0. The van der Waals surface area contributed by atoms with Crippen molar-refractivity contribution >= 4 is 11.6 Å². The Morgan fingerprint density at radius 1 is 1.25 bits per heavy atom. The number of alkyl halides is 3. The second-order valence-electron chi connectivity index (χ2n) is 3.29. The molecule has 0 aromatic heterocycles. The molecule has 0 unspecified atom stereocenters. The molecule has 0 saturated carbocycles. The molecule has 0 bridgehead atoms. The van der Waals surface area contributed by atoms with Crippen LogP contribution in [0.5, 0.6) is 0 Å². The highest BCUT2D eigenvalue weighted by molar-refractivity contribution is 6.30. The monoisotopic (exact) mass is 255 g/mol. The number of nitrogens with one attached hydrogen (secondary N) is 1. The van der Waals surface area contributed by atoms with E-state index in [9.17, 15) is 17.6 Å². The fourth-order valence-corrected chi connectivity index (χ4v) is 1.23. The molecule has 6 heteroatoms. The second kappa shape index (κ2) is 5.50. The van der Waals surface area contributed by atoms with E-state index in [1.807, 2.05) is 0 Å². The highest BCUT2D eigenvalue weighted by Gasteiger charge is 2.25. The molecule has 0 heterocycles. The third kappa shape index (κ3) is 4.81. The molecule has 0 radical (unpaired) electrons. The molecule has 0 atom stereocenters. The zero-order chi connectivity index (χ0) is 12.2. The largest absolute Gasteiger partial charge is 0.390 e. The topological polar surface area (TPSA) is 12.0 Å². The maximum atomic E-state index is 12.9. The average molecular weight is 256 g/mol. The lowest BCUT2D eigenvalue weighted by Gasteiger charge is -2.08. The summed E-state index contributed by atoms with van der Waals surface area (Å²) in [7, 11) is 0. The van der Waals surface area contributed by atoms with Crippen molar-refractivity contribution in [1.82, 2.24) is 5.32 Å². The molecular formula is C10H10ClF4N. The normalized spacial score (nSPS) is 11.8. The molecule has 1 nitrogen and oxygen atoms in total. The molecule has 1 aromatic carbocycles. The third-order valence-corrected chi connectivity index (χ3v) is 2.20. The summed E-state index contributed by atoms with van der Waals surface area (Å²) in [5, 5.41) is 2.57. The number of hydrogen-bond acceptors (Lipinski definition) is 1. The summed E-state index contributed by atoms with van der Waals surface area (Å²) in [5.41, 5.74) is 0.559. The first-order valence-corrected chi connectivity index (χ1v) is 4.98. The summed E-state index contributed by atoms with van der Waals surface area (Å²) in [6, 6.07) is 4.13. The Balaban J connectivity index is 2.35. The van der Waals surface area contributed by atoms with Crippen LogP contribution in [0.3, 0.4) is 0 Å². The smallest absolute Gasteiger partial charge is 0.312 e. The van der Waals surface area contributed by atoms with Gasteiger partial charge in [-0.05, 0) is 17.7 Å². The Bertz CT molecular complexity index is 351. The van der Waals surface area contributed by atoms with Crippen LogP contribution < -0.4 is 5.32 Å². The van der Waals surface area contributed by atoms with Gasteiger partial charge in [0.25, 0.3) is 0 Å². The molecule has 0 aliphatic rings. The molecule has 0 fully saturated rings. The number of benzene rings is 1. The first kappa shape index (κ1) is 13.3. The van der Waals surface area contributed by atoms with Gasteiger partial charge in [-0.2, -0.15) is 13.2 Å². The van der Waals surface area contributed by atoms with E-state index in [0.717, 1.165) is 0 Å². The molecule has 90 valence electrons. The van der Waals surface area contributed by atoms with Crippen molar-refractivity contribution in [2.75, 3.05) is 6.54 Å². The van der Waals surface area contributed by atoms with E-state index in [-0.39, 0.29) is 18.1 Å². The summed E-state index contributed by atoms with van der Waals surface area (Å²) in [5.74, 6) is -0.572. The van der Waals surface area contributed by atoms with Crippen molar-refractivity contribution in [3.8, 4) is 0 Å². The molecular weight excluding hydrogens is 246 g/mol. The van der Waals surface area contributed by atoms with Gasteiger partial charge < -0.3 is 5.32 Å². The standard InChI is InChI=1S/C10H10ClF4N/c11-8-2-1-7(5-9(8)12)6-16-4-3-10(13,14)15/h1-2,5,16H,3-4,6H2. The summed E-state index contributed by atoms with van der Waals surface area (Å²) in [6.07, 6.45) is -5.07. The minimum Gasteiger partial charge on any atom is -0.312 e. The Morgan fingerprint density at radius 3 is 2.50 bits per heavy atom. The van der Waals surface area contributed by atoms with Crippen LogP contribution in [0.2, 0.25) is 5.02 Å². The van der Waals surface area contributed by atoms with Gasteiger partial charge in [0.05, 0.1) is 11.4 Å². The Kier molecular flexibility index (Phi) is 4.56. The van der Waals surface area contributed by atoms with Gasteiger partial charge in [0.1, 0.15) is 5.82 Å². The van der Waals surface area contributed by atoms with E-state index < -0.39 is 18.4 Å². The lowest BCUT2D eigenvalue weighted by atomic mass is 10.2. The third-order valence-electron chi connectivity index (χ3n) is 1.90. The van der Waals surface area contributed by atoms with Gasteiger partial charge in [0.15, 0.2) is 0 Å². The SMILES string of the molecule is Fc1cc(CNCCC(F)(F)F)ccc1Cl. The number of halogens is 5. The van der Waals surface area contributed by atoms with Crippen LogP contribution in [0.15, 0.2) is 18.2 Å². The van der Waals surface area contributed by atoms with Gasteiger partial charge in [0, 0.05) is 13.1 Å². The van der Waals surface area contributed by atoms with Crippen LogP contribution >= 0.6 is 11.6 Å². The van der Waals surface area contributed by atoms with Gasteiger partial charge in [-0.25, -0.2) is 4.39 Å². The maximum Gasteiger partial charge on any atom is 0.390 e. The number of hydrogen-bond donors (Lipinski definition) is 1. The van der Waals surface area contributed by atoms with E-state index in [1.54, 1.807) is 6.07 Å². The second-order valence-corrected chi connectivity index (χ2v) is 3.70. The Hall–Kier alpha value is -0.810. The van der Waals surface area contributed by atoms with Gasteiger partial charge in [-0.15, -0.1) is 0 Å². The Morgan fingerprint density at radius 2 is 1.94 bits per heavy atom. The summed E-state index contributed by atoms with van der Waals surface area (Å²) < 4.78 is 48.3. The first-order chi connectivity index (χ1) is 7.38. The molecule has 1 rings (SSSR count). The van der Waals surface area contributed by atoms with Crippen molar-refractivity contribution in [1.29, 1.82) is 0 Å². The predicted octanol–water partition coefficient (Wildman–Crippen LogP) is 3.52. The van der Waals surface area contributed by atoms with Crippen LogP contribution in [0.25, 0.3) is 0 Å². The molecule has 0 spiro atoms. The van der Waals surface area contributed by atoms with Gasteiger partial charge in [-0.1, -0.05) is 17.7 Å². The molecule has 1 aromatic rings. The summed E-state index contributed by atoms with van der Waals surface area (Å²) >= 11 is 5.46. The van der Waals surface area contributed by atoms with Crippen molar-refractivity contribution < 1.29 is 17.6 Å². The fraction of sp³-hybridized carbons (Fsp3) is 0.400. The van der Waals surface area contributed by atoms with E-state index in [4.69, 9.17) is 11.6 Å². The Labute approximate surface area is 95.4 Å². The zero-order valence-electron chi connectivity index (χ0n) is 8.24. The van der Waals surface area contributed by atoms with Gasteiger partial charge >= 0.3 is 6.18 Å². The van der Waals surface area contributed by atoms with E-state index in [0.29, 0.717) is 5.56 Å². The number of rotatable bonds is 4. The van der Waals surface area contributed by atoms with Gasteiger partial charge in [-0.3, -0.25) is 0 Å². The van der Waals surface area contributed by atoms with E-state index >= 15 is 0 Å². The van der Waals surface area contributed by atoms with E-state index in [1.165, 1.54) is 12.1 Å². The molecule has 1 N–H and O–H groups in total. The lowest BCUT2D eigenvalue weighted by molar-refractivity contribution is -0.133. The first-order valence-electron chi connectivity index (χ1n) is 4.60. The fourth-order valence-electron chi connectivity index (χ4n) is 1.11. The van der Waals surface area contributed by atoms with Crippen molar-refractivity contribution in [2.24, 2.45) is 0 Å². The quantitative estimate of drug-likeness (QED) is 0.641. The van der Waals surface area contributed by atoms with Crippen LogP contribution in [0.4, 0.5) is 17.6 Å². The zero-order valence-corrected chi connectivity index (χ0v) is 9.00. The van der Waals surface area contributed by atoms with Gasteiger partial charge in [0.2, 0.25) is 0 Å². The minimum absolute atomic E-state index is 0.000887.